The van der Waals surface area contributed by atoms with E-state index >= 15 is 0 Å². The Morgan fingerprint density at radius 3 is 2.85 bits per heavy atom. The summed E-state index contributed by atoms with van der Waals surface area (Å²) >= 11 is 0. The largest absolute Gasteiger partial charge is 0.495 e. The third-order valence-corrected chi connectivity index (χ3v) is 2.93. The van der Waals surface area contributed by atoms with Crippen molar-refractivity contribution in [2.75, 3.05) is 12.8 Å². The molecule has 0 bridgehead atoms. The van der Waals surface area contributed by atoms with Crippen molar-refractivity contribution in [2.45, 2.75) is 13.5 Å². The molecule has 0 aliphatic heterocycles. The number of carbonyl (C=O) groups excluding carboxylic acids is 1. The van der Waals surface area contributed by atoms with Gasteiger partial charge in [-0.1, -0.05) is 6.07 Å². The lowest BCUT2D eigenvalue weighted by Crippen LogP contribution is -2.07. The predicted octanol–water partition coefficient (Wildman–Crippen LogP) is 2.34. The Bertz CT molecular complexity index is 626. The lowest BCUT2D eigenvalue weighted by Gasteiger charge is -2.08. The maximum absolute atomic E-state index is 12.0. The van der Waals surface area contributed by atoms with Gasteiger partial charge in [0.15, 0.2) is 0 Å². The Morgan fingerprint density at radius 1 is 1.35 bits per heavy atom. The number of hydrogen-bond acceptors (Lipinski definition) is 5. The molecule has 104 valence electrons. The standard InChI is InChI=1S/C15H16N2O3/c1-10-4-3-7-17-13(10)9-20-15(18)11-5-6-12(16)14(8-11)19-2/h3-8H,9,16H2,1-2H3. The Morgan fingerprint density at radius 2 is 2.15 bits per heavy atom. The number of aromatic nitrogens is 1. The highest BCUT2D eigenvalue weighted by molar-refractivity contribution is 5.90. The zero-order valence-corrected chi connectivity index (χ0v) is 11.4. The van der Waals surface area contributed by atoms with Gasteiger partial charge in [0.05, 0.1) is 24.1 Å². The van der Waals surface area contributed by atoms with Crippen LogP contribution in [0.2, 0.25) is 0 Å². The first-order valence-electron chi connectivity index (χ1n) is 6.13. The average Bonchev–Trinajstić information content (AvgIpc) is 2.46. The highest BCUT2D eigenvalue weighted by Gasteiger charge is 2.11. The fourth-order valence-electron chi connectivity index (χ4n) is 1.72. The molecule has 2 N–H and O–H groups in total. The number of nitrogens with two attached hydrogens (primary N) is 1. The number of esters is 1. The Balaban J connectivity index is 2.07. The lowest BCUT2D eigenvalue weighted by molar-refractivity contribution is 0.0467. The third-order valence-electron chi connectivity index (χ3n) is 2.93. The molecule has 5 nitrogen and oxygen atoms in total. The monoisotopic (exact) mass is 272 g/mol. The minimum absolute atomic E-state index is 0.137. The molecule has 1 aromatic heterocycles. The second-order valence-corrected chi connectivity index (χ2v) is 4.30. The molecule has 0 unspecified atom stereocenters. The lowest BCUT2D eigenvalue weighted by atomic mass is 10.2. The van der Waals surface area contributed by atoms with Crippen LogP contribution in [0.15, 0.2) is 36.5 Å². The molecule has 20 heavy (non-hydrogen) atoms. The SMILES string of the molecule is COc1cc(C(=O)OCc2ncccc2C)ccc1N. The molecule has 1 heterocycles. The summed E-state index contributed by atoms with van der Waals surface area (Å²) in [6, 6.07) is 8.53. The number of nitrogens with zero attached hydrogens (tertiary/aromatic N) is 1. The first kappa shape index (κ1) is 13.9. The number of pyridine rings is 1. The van der Waals surface area contributed by atoms with Crippen LogP contribution in [0.25, 0.3) is 0 Å². The number of hydrogen-bond donors (Lipinski definition) is 1. The van der Waals surface area contributed by atoms with E-state index in [4.69, 9.17) is 15.2 Å². The van der Waals surface area contributed by atoms with Gasteiger partial charge in [-0.2, -0.15) is 0 Å². The van der Waals surface area contributed by atoms with Crippen LogP contribution in [0.4, 0.5) is 5.69 Å². The molecule has 1 aromatic carbocycles. The number of benzene rings is 1. The van der Waals surface area contributed by atoms with Gasteiger partial charge in [-0.3, -0.25) is 4.98 Å². The molecule has 0 spiro atoms. The summed E-state index contributed by atoms with van der Waals surface area (Å²) in [5, 5.41) is 0. The van der Waals surface area contributed by atoms with Crippen molar-refractivity contribution in [1.29, 1.82) is 0 Å². The molecule has 0 saturated heterocycles. The molecular weight excluding hydrogens is 256 g/mol. The first-order valence-corrected chi connectivity index (χ1v) is 6.13. The topological polar surface area (TPSA) is 74.4 Å². The van der Waals surface area contributed by atoms with Gasteiger partial charge in [-0.05, 0) is 36.8 Å². The van der Waals surface area contributed by atoms with Crippen molar-refractivity contribution in [3.63, 3.8) is 0 Å². The molecule has 0 amide bonds. The van der Waals surface area contributed by atoms with Gasteiger partial charge in [0.2, 0.25) is 0 Å². The minimum Gasteiger partial charge on any atom is -0.495 e. The Labute approximate surface area is 117 Å². The van der Waals surface area contributed by atoms with Crippen molar-refractivity contribution in [3.8, 4) is 5.75 Å². The van der Waals surface area contributed by atoms with E-state index in [9.17, 15) is 4.79 Å². The van der Waals surface area contributed by atoms with Crippen molar-refractivity contribution < 1.29 is 14.3 Å². The maximum Gasteiger partial charge on any atom is 0.338 e. The van der Waals surface area contributed by atoms with Gasteiger partial charge >= 0.3 is 5.97 Å². The summed E-state index contributed by atoms with van der Waals surface area (Å²) in [5.41, 5.74) is 8.29. The maximum atomic E-state index is 12.0. The number of anilines is 1. The van der Waals surface area contributed by atoms with E-state index in [1.165, 1.54) is 7.11 Å². The summed E-state index contributed by atoms with van der Waals surface area (Å²) in [5.74, 6) is 0.0156. The van der Waals surface area contributed by atoms with Crippen LogP contribution in [-0.4, -0.2) is 18.1 Å². The number of carbonyl (C=O) groups is 1. The van der Waals surface area contributed by atoms with Crippen LogP contribution < -0.4 is 10.5 Å². The van der Waals surface area contributed by atoms with E-state index in [-0.39, 0.29) is 6.61 Å². The normalized spacial score (nSPS) is 10.1. The molecule has 5 heteroatoms. The van der Waals surface area contributed by atoms with E-state index in [1.807, 2.05) is 19.1 Å². The summed E-state index contributed by atoms with van der Waals surface area (Å²) < 4.78 is 10.3. The molecule has 0 saturated carbocycles. The minimum atomic E-state index is -0.437. The molecule has 0 radical (unpaired) electrons. The van der Waals surface area contributed by atoms with Crippen LogP contribution in [0.3, 0.4) is 0 Å². The summed E-state index contributed by atoms with van der Waals surface area (Å²) in [6.45, 7) is 2.06. The van der Waals surface area contributed by atoms with E-state index in [0.29, 0.717) is 17.0 Å². The number of ether oxygens (including phenoxy) is 2. The number of nitrogen functional groups attached to an aromatic ring is 1. The van der Waals surface area contributed by atoms with E-state index in [0.717, 1.165) is 11.3 Å². The molecule has 2 aromatic rings. The van der Waals surface area contributed by atoms with Gasteiger partial charge < -0.3 is 15.2 Å². The molecule has 0 aliphatic carbocycles. The number of methoxy groups -OCH3 is 1. The predicted molar refractivity (Wildman–Crippen MR) is 75.5 cm³/mol. The van der Waals surface area contributed by atoms with Crippen LogP contribution in [0, 0.1) is 6.92 Å². The Kier molecular flexibility index (Phi) is 4.20. The van der Waals surface area contributed by atoms with Gasteiger partial charge in [0, 0.05) is 6.20 Å². The molecule has 2 rings (SSSR count). The van der Waals surface area contributed by atoms with E-state index < -0.39 is 5.97 Å². The summed E-state index contributed by atoms with van der Waals surface area (Å²) in [4.78, 5) is 16.1. The average molecular weight is 272 g/mol. The summed E-state index contributed by atoms with van der Waals surface area (Å²) in [7, 11) is 1.50. The smallest absolute Gasteiger partial charge is 0.338 e. The van der Waals surface area contributed by atoms with Crippen LogP contribution in [0.1, 0.15) is 21.6 Å². The quantitative estimate of drug-likeness (QED) is 0.683. The van der Waals surface area contributed by atoms with Gasteiger partial charge in [-0.25, -0.2) is 4.79 Å². The number of aryl methyl sites for hydroxylation is 1. The molecule has 0 aliphatic rings. The second-order valence-electron chi connectivity index (χ2n) is 4.30. The van der Waals surface area contributed by atoms with Crippen molar-refractivity contribution >= 4 is 11.7 Å². The van der Waals surface area contributed by atoms with Gasteiger partial charge in [0.1, 0.15) is 12.4 Å². The highest BCUT2D eigenvalue weighted by Crippen LogP contribution is 2.22. The highest BCUT2D eigenvalue weighted by atomic mass is 16.5. The third kappa shape index (κ3) is 3.06. The van der Waals surface area contributed by atoms with E-state index in [2.05, 4.69) is 4.98 Å². The molecule has 0 fully saturated rings. The van der Waals surface area contributed by atoms with Crippen molar-refractivity contribution in [3.05, 3.63) is 53.3 Å². The zero-order valence-electron chi connectivity index (χ0n) is 11.4. The first-order chi connectivity index (χ1) is 9.61. The van der Waals surface area contributed by atoms with Gasteiger partial charge in [0.25, 0.3) is 0 Å². The van der Waals surface area contributed by atoms with Crippen LogP contribution >= 0.6 is 0 Å². The fourth-order valence-corrected chi connectivity index (χ4v) is 1.72. The van der Waals surface area contributed by atoms with Crippen molar-refractivity contribution in [1.82, 2.24) is 4.98 Å². The Hall–Kier alpha value is -2.56. The summed E-state index contributed by atoms with van der Waals surface area (Å²) in [6.07, 6.45) is 1.67. The second kappa shape index (κ2) is 6.06. The molecule has 0 atom stereocenters. The number of rotatable bonds is 4. The van der Waals surface area contributed by atoms with Crippen molar-refractivity contribution in [2.24, 2.45) is 0 Å². The fraction of sp³-hybridized carbons (Fsp3) is 0.200. The van der Waals surface area contributed by atoms with Gasteiger partial charge in [-0.15, -0.1) is 0 Å². The van der Waals surface area contributed by atoms with E-state index in [1.54, 1.807) is 24.4 Å². The van der Waals surface area contributed by atoms with Crippen LogP contribution in [0.5, 0.6) is 5.75 Å². The van der Waals surface area contributed by atoms with Crippen LogP contribution in [-0.2, 0) is 11.3 Å². The molecular formula is C15H16N2O3. The zero-order chi connectivity index (χ0) is 14.5.